The van der Waals surface area contributed by atoms with Gasteiger partial charge in [0, 0.05) is 37.4 Å². The van der Waals surface area contributed by atoms with Crippen LogP contribution in [0.1, 0.15) is 49.8 Å². The van der Waals surface area contributed by atoms with Gasteiger partial charge in [0.2, 0.25) is 0 Å². The van der Waals surface area contributed by atoms with Gasteiger partial charge in [0.25, 0.3) is 5.91 Å². The minimum Gasteiger partial charge on any atom is -0.337 e. The molecule has 0 aromatic carbocycles. The number of rotatable bonds is 3. The summed E-state index contributed by atoms with van der Waals surface area (Å²) in [6, 6.07) is 5.46. The predicted molar refractivity (Wildman–Crippen MR) is 91.6 cm³/mol. The molecule has 1 saturated heterocycles. The van der Waals surface area contributed by atoms with Crippen molar-refractivity contribution in [2.45, 2.75) is 45.6 Å². The Balaban J connectivity index is 1.63. The predicted octanol–water partition coefficient (Wildman–Crippen LogP) is 2.52. The molecule has 1 atom stereocenters. The van der Waals surface area contributed by atoms with Gasteiger partial charge in [0.1, 0.15) is 5.69 Å². The van der Waals surface area contributed by atoms with Crippen LogP contribution in [0.4, 0.5) is 0 Å². The van der Waals surface area contributed by atoms with E-state index in [-0.39, 0.29) is 11.3 Å². The molecule has 1 fully saturated rings. The molecule has 1 amide bonds. The number of hydrogen-bond acceptors (Lipinski definition) is 4. The number of nitrogens with zero attached hydrogens (tertiary/aromatic N) is 5. The first-order valence-electron chi connectivity index (χ1n) is 8.54. The molecular formula is C18H25N5O. The van der Waals surface area contributed by atoms with E-state index in [1.54, 1.807) is 12.3 Å². The smallest absolute Gasteiger partial charge is 0.272 e. The lowest BCUT2D eigenvalue weighted by Crippen LogP contribution is -2.41. The highest BCUT2D eigenvalue weighted by Crippen LogP contribution is 2.22. The van der Waals surface area contributed by atoms with Crippen molar-refractivity contribution in [1.82, 2.24) is 24.9 Å². The quantitative estimate of drug-likeness (QED) is 0.869. The average Bonchev–Trinajstić information content (AvgIpc) is 3.04. The van der Waals surface area contributed by atoms with E-state index in [1.807, 2.05) is 27.9 Å². The Hall–Kier alpha value is -2.24. The van der Waals surface area contributed by atoms with Crippen LogP contribution in [0.15, 0.2) is 30.6 Å². The molecule has 3 rings (SSSR count). The van der Waals surface area contributed by atoms with Crippen LogP contribution in [0.25, 0.3) is 0 Å². The molecule has 0 radical (unpaired) electrons. The maximum atomic E-state index is 12.6. The summed E-state index contributed by atoms with van der Waals surface area (Å²) in [6.45, 7) is 8.76. The normalized spacial score (nSPS) is 18.6. The average molecular weight is 327 g/mol. The maximum Gasteiger partial charge on any atom is 0.272 e. The summed E-state index contributed by atoms with van der Waals surface area (Å²) in [6.07, 6.45) is 5.82. The molecule has 0 bridgehead atoms. The molecule has 1 aliphatic rings. The van der Waals surface area contributed by atoms with E-state index < -0.39 is 0 Å². The minimum absolute atomic E-state index is 0.00575. The maximum absolute atomic E-state index is 12.6. The summed E-state index contributed by atoms with van der Waals surface area (Å²) in [5.74, 6) is 0.426. The van der Waals surface area contributed by atoms with E-state index in [2.05, 4.69) is 36.1 Å². The van der Waals surface area contributed by atoms with Crippen LogP contribution in [0, 0.1) is 5.92 Å². The van der Waals surface area contributed by atoms with Gasteiger partial charge in [-0.25, -0.2) is 0 Å². The van der Waals surface area contributed by atoms with E-state index >= 15 is 0 Å². The highest BCUT2D eigenvalue weighted by atomic mass is 16.2. The van der Waals surface area contributed by atoms with Crippen molar-refractivity contribution in [1.29, 1.82) is 0 Å². The van der Waals surface area contributed by atoms with Crippen LogP contribution >= 0.6 is 0 Å². The molecular weight excluding hydrogens is 302 g/mol. The number of aromatic nitrogens is 4. The molecule has 0 N–H and O–H groups in total. The van der Waals surface area contributed by atoms with E-state index in [0.29, 0.717) is 11.6 Å². The zero-order valence-electron chi connectivity index (χ0n) is 14.6. The SMILES string of the molecule is CC(C)(C)c1cn(CC2CCCN(C(=O)c3ccccn3)C2)nn1. The van der Waals surface area contributed by atoms with Crippen molar-refractivity contribution in [3.8, 4) is 0 Å². The van der Waals surface area contributed by atoms with E-state index in [0.717, 1.165) is 38.2 Å². The molecule has 2 aromatic heterocycles. The summed E-state index contributed by atoms with van der Waals surface area (Å²) >= 11 is 0. The summed E-state index contributed by atoms with van der Waals surface area (Å²) in [5.41, 5.74) is 1.53. The van der Waals surface area contributed by atoms with Gasteiger partial charge in [0.15, 0.2) is 0 Å². The van der Waals surface area contributed by atoms with Crippen LogP contribution < -0.4 is 0 Å². The molecule has 6 heteroatoms. The lowest BCUT2D eigenvalue weighted by atomic mass is 9.93. The van der Waals surface area contributed by atoms with Crippen LogP contribution in [-0.4, -0.2) is 43.9 Å². The second-order valence-corrected chi connectivity index (χ2v) is 7.55. The molecule has 3 heterocycles. The van der Waals surface area contributed by atoms with Crippen molar-refractivity contribution < 1.29 is 4.79 Å². The zero-order valence-corrected chi connectivity index (χ0v) is 14.6. The summed E-state index contributed by atoms with van der Waals surface area (Å²) in [7, 11) is 0. The van der Waals surface area contributed by atoms with Gasteiger partial charge in [-0.05, 0) is 30.9 Å². The van der Waals surface area contributed by atoms with Crippen LogP contribution in [0.3, 0.4) is 0 Å². The topological polar surface area (TPSA) is 63.9 Å². The fourth-order valence-electron chi connectivity index (χ4n) is 3.05. The Morgan fingerprint density at radius 1 is 1.33 bits per heavy atom. The molecule has 2 aromatic rings. The molecule has 1 unspecified atom stereocenters. The highest BCUT2D eigenvalue weighted by molar-refractivity contribution is 5.92. The van der Waals surface area contributed by atoms with Gasteiger partial charge in [-0.15, -0.1) is 5.10 Å². The number of hydrogen-bond donors (Lipinski definition) is 0. The Labute approximate surface area is 142 Å². The van der Waals surface area contributed by atoms with E-state index in [9.17, 15) is 4.79 Å². The van der Waals surface area contributed by atoms with Gasteiger partial charge in [-0.2, -0.15) is 0 Å². The minimum atomic E-state index is 0.00575. The van der Waals surface area contributed by atoms with Crippen molar-refractivity contribution in [3.05, 3.63) is 42.0 Å². The number of pyridine rings is 1. The first-order chi connectivity index (χ1) is 11.4. The Bertz CT molecular complexity index is 689. The van der Waals surface area contributed by atoms with Crippen LogP contribution in [-0.2, 0) is 12.0 Å². The van der Waals surface area contributed by atoms with E-state index in [1.165, 1.54) is 0 Å². The fraction of sp³-hybridized carbons (Fsp3) is 0.556. The molecule has 0 spiro atoms. The lowest BCUT2D eigenvalue weighted by Gasteiger charge is -2.32. The van der Waals surface area contributed by atoms with Gasteiger partial charge in [-0.1, -0.05) is 32.1 Å². The number of amides is 1. The Morgan fingerprint density at radius 2 is 2.17 bits per heavy atom. The van der Waals surface area contributed by atoms with Crippen molar-refractivity contribution in [2.24, 2.45) is 5.92 Å². The van der Waals surface area contributed by atoms with E-state index in [4.69, 9.17) is 0 Å². The van der Waals surface area contributed by atoms with Crippen molar-refractivity contribution >= 4 is 5.91 Å². The number of carbonyl (C=O) groups is 1. The third-order valence-corrected chi connectivity index (χ3v) is 4.44. The molecule has 128 valence electrons. The standard InChI is InChI=1S/C18H25N5O/c1-18(2,3)16-13-23(21-20-16)12-14-7-6-10-22(11-14)17(24)15-8-4-5-9-19-15/h4-5,8-9,13-14H,6-7,10-12H2,1-3H3. The van der Waals surface area contributed by atoms with Gasteiger partial charge in [0.05, 0.1) is 5.69 Å². The van der Waals surface area contributed by atoms with Gasteiger partial charge < -0.3 is 4.90 Å². The zero-order chi connectivity index (χ0) is 17.2. The largest absolute Gasteiger partial charge is 0.337 e. The summed E-state index contributed by atoms with van der Waals surface area (Å²) in [5, 5.41) is 8.53. The fourth-order valence-corrected chi connectivity index (χ4v) is 3.05. The molecule has 0 saturated carbocycles. The molecule has 6 nitrogen and oxygen atoms in total. The lowest BCUT2D eigenvalue weighted by molar-refractivity contribution is 0.0653. The second kappa shape index (κ2) is 6.71. The third-order valence-electron chi connectivity index (χ3n) is 4.44. The first kappa shape index (κ1) is 16.6. The third kappa shape index (κ3) is 3.80. The molecule has 0 aliphatic carbocycles. The first-order valence-corrected chi connectivity index (χ1v) is 8.54. The highest BCUT2D eigenvalue weighted by Gasteiger charge is 2.26. The molecule has 1 aliphatic heterocycles. The van der Waals surface area contributed by atoms with Gasteiger partial charge >= 0.3 is 0 Å². The number of piperidine rings is 1. The van der Waals surface area contributed by atoms with Gasteiger partial charge in [-0.3, -0.25) is 14.5 Å². The monoisotopic (exact) mass is 327 g/mol. The Kier molecular flexibility index (Phi) is 4.64. The van der Waals surface area contributed by atoms with Crippen LogP contribution in [0.2, 0.25) is 0 Å². The van der Waals surface area contributed by atoms with Crippen LogP contribution in [0.5, 0.6) is 0 Å². The summed E-state index contributed by atoms with van der Waals surface area (Å²) in [4.78, 5) is 18.7. The van der Waals surface area contributed by atoms with Crippen molar-refractivity contribution in [3.63, 3.8) is 0 Å². The second-order valence-electron chi connectivity index (χ2n) is 7.55. The van der Waals surface area contributed by atoms with Crippen molar-refractivity contribution in [2.75, 3.05) is 13.1 Å². The molecule has 24 heavy (non-hydrogen) atoms. The summed E-state index contributed by atoms with van der Waals surface area (Å²) < 4.78 is 1.92. The number of likely N-dealkylation sites (tertiary alicyclic amines) is 1. The number of carbonyl (C=O) groups excluding carboxylic acids is 1. The Morgan fingerprint density at radius 3 is 2.83 bits per heavy atom.